The molecule has 2 bridgehead atoms. The van der Waals surface area contributed by atoms with Gasteiger partial charge in [0.1, 0.15) is 0 Å². The SMILES string of the molecule is O=C1C2C3C=CC(C3)C2CCN1c1ccccc1. The van der Waals surface area contributed by atoms with Crippen molar-refractivity contribution in [1.29, 1.82) is 0 Å². The minimum Gasteiger partial charge on any atom is -0.312 e. The smallest absolute Gasteiger partial charge is 0.230 e. The van der Waals surface area contributed by atoms with Crippen molar-refractivity contribution < 1.29 is 4.79 Å². The average molecular weight is 239 g/mol. The Hall–Kier alpha value is -1.57. The van der Waals surface area contributed by atoms with E-state index in [2.05, 4.69) is 12.2 Å². The Bertz CT molecular complexity index is 507. The molecule has 2 aliphatic carbocycles. The first-order chi connectivity index (χ1) is 8.84. The van der Waals surface area contributed by atoms with E-state index in [0.29, 0.717) is 23.7 Å². The molecule has 1 aromatic rings. The number of para-hydroxylation sites is 1. The zero-order valence-electron chi connectivity index (χ0n) is 10.3. The van der Waals surface area contributed by atoms with E-state index in [1.165, 1.54) is 6.42 Å². The van der Waals surface area contributed by atoms with Crippen LogP contribution in [0.25, 0.3) is 0 Å². The molecule has 92 valence electrons. The third kappa shape index (κ3) is 1.32. The summed E-state index contributed by atoms with van der Waals surface area (Å²) in [5.41, 5.74) is 1.06. The molecule has 0 aromatic heterocycles. The second kappa shape index (κ2) is 3.71. The Morgan fingerprint density at radius 1 is 1.06 bits per heavy atom. The van der Waals surface area contributed by atoms with Crippen molar-refractivity contribution in [1.82, 2.24) is 0 Å². The quantitative estimate of drug-likeness (QED) is 0.690. The molecule has 0 radical (unpaired) electrons. The molecule has 0 spiro atoms. The van der Waals surface area contributed by atoms with Gasteiger partial charge >= 0.3 is 0 Å². The summed E-state index contributed by atoms with van der Waals surface area (Å²) in [5, 5.41) is 0. The van der Waals surface area contributed by atoms with Crippen molar-refractivity contribution in [2.45, 2.75) is 12.8 Å². The lowest BCUT2D eigenvalue weighted by atomic mass is 9.77. The lowest BCUT2D eigenvalue weighted by Crippen LogP contribution is -2.47. The number of fused-ring (bicyclic) bond motifs is 5. The van der Waals surface area contributed by atoms with Crippen LogP contribution in [0.15, 0.2) is 42.5 Å². The van der Waals surface area contributed by atoms with E-state index >= 15 is 0 Å². The maximum Gasteiger partial charge on any atom is 0.230 e. The summed E-state index contributed by atoms with van der Waals surface area (Å²) in [7, 11) is 0. The molecule has 4 atom stereocenters. The molecule has 18 heavy (non-hydrogen) atoms. The molecule has 1 amide bonds. The largest absolute Gasteiger partial charge is 0.312 e. The fourth-order valence-corrected chi connectivity index (χ4v) is 4.12. The maximum absolute atomic E-state index is 12.7. The van der Waals surface area contributed by atoms with Crippen molar-refractivity contribution in [3.8, 4) is 0 Å². The van der Waals surface area contributed by atoms with E-state index in [1.807, 2.05) is 35.2 Å². The molecule has 2 fully saturated rings. The zero-order chi connectivity index (χ0) is 12.1. The van der Waals surface area contributed by atoms with Crippen LogP contribution in [-0.2, 0) is 4.79 Å². The van der Waals surface area contributed by atoms with Gasteiger partial charge in [-0.05, 0) is 42.7 Å². The highest BCUT2D eigenvalue weighted by Crippen LogP contribution is 2.52. The molecule has 1 saturated carbocycles. The van der Waals surface area contributed by atoms with Gasteiger partial charge in [0.15, 0.2) is 0 Å². The van der Waals surface area contributed by atoms with Crippen LogP contribution < -0.4 is 4.90 Å². The van der Waals surface area contributed by atoms with Gasteiger partial charge in [-0.3, -0.25) is 4.79 Å². The molecular formula is C16H17NO. The van der Waals surface area contributed by atoms with E-state index in [-0.39, 0.29) is 5.92 Å². The fourth-order valence-electron chi connectivity index (χ4n) is 4.12. The van der Waals surface area contributed by atoms with Gasteiger partial charge in [-0.1, -0.05) is 30.4 Å². The Morgan fingerprint density at radius 2 is 1.83 bits per heavy atom. The molecule has 2 heteroatoms. The van der Waals surface area contributed by atoms with Gasteiger partial charge in [-0.25, -0.2) is 0 Å². The van der Waals surface area contributed by atoms with Crippen molar-refractivity contribution in [3.05, 3.63) is 42.5 Å². The number of hydrogen-bond donors (Lipinski definition) is 0. The summed E-state index contributed by atoms with van der Waals surface area (Å²) >= 11 is 0. The molecule has 4 unspecified atom stereocenters. The summed E-state index contributed by atoms with van der Waals surface area (Å²) in [5.74, 6) is 2.43. The molecule has 3 aliphatic rings. The summed E-state index contributed by atoms with van der Waals surface area (Å²) in [6, 6.07) is 10.1. The van der Waals surface area contributed by atoms with Crippen LogP contribution in [-0.4, -0.2) is 12.5 Å². The van der Waals surface area contributed by atoms with E-state index in [9.17, 15) is 4.79 Å². The number of carbonyl (C=O) groups excluding carboxylic acids is 1. The van der Waals surface area contributed by atoms with Gasteiger partial charge in [-0.2, -0.15) is 0 Å². The number of anilines is 1. The van der Waals surface area contributed by atoms with Gasteiger partial charge in [0, 0.05) is 18.2 Å². The summed E-state index contributed by atoms with van der Waals surface area (Å²) in [6.07, 6.45) is 7.00. The van der Waals surface area contributed by atoms with Crippen LogP contribution in [0.1, 0.15) is 12.8 Å². The zero-order valence-corrected chi connectivity index (χ0v) is 10.3. The molecule has 2 nitrogen and oxygen atoms in total. The first kappa shape index (κ1) is 10.4. The van der Waals surface area contributed by atoms with Crippen LogP contribution >= 0.6 is 0 Å². The minimum absolute atomic E-state index is 0.258. The monoisotopic (exact) mass is 239 g/mol. The number of piperidine rings is 1. The van der Waals surface area contributed by atoms with Crippen molar-refractivity contribution in [2.24, 2.45) is 23.7 Å². The lowest BCUT2D eigenvalue weighted by Gasteiger charge is -2.38. The highest BCUT2D eigenvalue weighted by Gasteiger charge is 2.51. The lowest BCUT2D eigenvalue weighted by molar-refractivity contribution is -0.126. The summed E-state index contributed by atoms with van der Waals surface area (Å²) in [6.45, 7) is 0.890. The first-order valence-corrected chi connectivity index (χ1v) is 6.89. The highest BCUT2D eigenvalue weighted by atomic mass is 16.2. The number of benzene rings is 1. The fraction of sp³-hybridized carbons (Fsp3) is 0.438. The van der Waals surface area contributed by atoms with Crippen molar-refractivity contribution in [3.63, 3.8) is 0 Å². The molecule has 4 rings (SSSR count). The Kier molecular flexibility index (Phi) is 2.14. The third-order valence-corrected chi connectivity index (χ3v) is 4.93. The van der Waals surface area contributed by atoms with Gasteiger partial charge in [0.2, 0.25) is 5.91 Å². The van der Waals surface area contributed by atoms with Gasteiger partial charge in [0.25, 0.3) is 0 Å². The van der Waals surface area contributed by atoms with Crippen LogP contribution in [0, 0.1) is 23.7 Å². The Labute approximate surface area is 107 Å². The Morgan fingerprint density at radius 3 is 2.67 bits per heavy atom. The van der Waals surface area contributed by atoms with E-state index < -0.39 is 0 Å². The molecular weight excluding hydrogens is 222 g/mol. The Balaban J connectivity index is 1.66. The van der Waals surface area contributed by atoms with Crippen molar-refractivity contribution >= 4 is 11.6 Å². The normalized spacial score (nSPS) is 37.1. The molecule has 1 aromatic carbocycles. The van der Waals surface area contributed by atoms with E-state index in [4.69, 9.17) is 0 Å². The van der Waals surface area contributed by atoms with Crippen LogP contribution in [0.4, 0.5) is 5.69 Å². The number of rotatable bonds is 1. The molecule has 1 saturated heterocycles. The third-order valence-electron chi connectivity index (χ3n) is 4.93. The van der Waals surface area contributed by atoms with Crippen LogP contribution in [0.2, 0.25) is 0 Å². The van der Waals surface area contributed by atoms with Crippen molar-refractivity contribution in [2.75, 3.05) is 11.4 Å². The van der Waals surface area contributed by atoms with Gasteiger partial charge in [0.05, 0.1) is 0 Å². The van der Waals surface area contributed by atoms with E-state index in [0.717, 1.165) is 18.7 Å². The number of allylic oxidation sites excluding steroid dienone is 2. The predicted octanol–water partition coefficient (Wildman–Crippen LogP) is 2.86. The molecule has 1 aliphatic heterocycles. The topological polar surface area (TPSA) is 20.3 Å². The standard InChI is InChI=1S/C16H17NO/c18-16-15-12-7-6-11(10-12)14(15)8-9-17(16)13-4-2-1-3-5-13/h1-7,11-12,14-15H,8-10H2. The number of amides is 1. The van der Waals surface area contributed by atoms with Crippen LogP contribution in [0.5, 0.6) is 0 Å². The average Bonchev–Trinajstić information content (AvgIpc) is 3.01. The molecule has 1 heterocycles. The van der Waals surface area contributed by atoms with E-state index in [1.54, 1.807) is 0 Å². The van der Waals surface area contributed by atoms with Crippen LogP contribution in [0.3, 0.4) is 0 Å². The predicted molar refractivity (Wildman–Crippen MR) is 71.1 cm³/mol. The summed E-state index contributed by atoms with van der Waals surface area (Å²) < 4.78 is 0. The van der Waals surface area contributed by atoms with Gasteiger partial charge in [-0.15, -0.1) is 0 Å². The maximum atomic E-state index is 12.7. The number of hydrogen-bond acceptors (Lipinski definition) is 1. The first-order valence-electron chi connectivity index (χ1n) is 6.89. The minimum atomic E-state index is 0.258. The number of carbonyl (C=O) groups is 1. The number of nitrogens with zero attached hydrogens (tertiary/aromatic N) is 1. The second-order valence-corrected chi connectivity index (χ2v) is 5.75. The second-order valence-electron chi connectivity index (χ2n) is 5.75. The highest BCUT2D eigenvalue weighted by molar-refractivity contribution is 5.96. The van der Waals surface area contributed by atoms with Gasteiger partial charge < -0.3 is 4.90 Å². The molecule has 0 N–H and O–H groups in total. The summed E-state index contributed by atoms with van der Waals surface area (Å²) in [4.78, 5) is 14.7.